The number of hydrogen-bond acceptors (Lipinski definition) is 6. The topological polar surface area (TPSA) is 83.1 Å². The first-order valence-electron chi connectivity index (χ1n) is 11.7. The van der Waals surface area contributed by atoms with Crippen molar-refractivity contribution >= 4 is 24.3 Å². The molecule has 0 radical (unpaired) electrons. The summed E-state index contributed by atoms with van der Waals surface area (Å²) in [5.41, 5.74) is 1.24. The third kappa shape index (κ3) is 14.0. The molecule has 0 heterocycles. The van der Waals surface area contributed by atoms with Gasteiger partial charge in [-0.05, 0) is 43.9 Å². The van der Waals surface area contributed by atoms with Crippen LogP contribution in [0.15, 0.2) is 18.2 Å². The lowest BCUT2D eigenvalue weighted by molar-refractivity contribution is -0.143. The Morgan fingerprint density at radius 3 is 2.45 bits per heavy atom. The van der Waals surface area contributed by atoms with Gasteiger partial charge < -0.3 is 24.3 Å². The highest BCUT2D eigenvalue weighted by atomic mass is 35.5. The Labute approximate surface area is 205 Å². The number of carbonyl (C=O) groups is 2. The minimum atomic E-state index is -0.276. The summed E-state index contributed by atoms with van der Waals surface area (Å²) in [7, 11) is 3.34. The molecule has 33 heavy (non-hydrogen) atoms. The summed E-state index contributed by atoms with van der Waals surface area (Å²) < 4.78 is 21.2. The molecular weight excluding hydrogens is 446 g/mol. The smallest absolute Gasteiger partial charge is 0.307 e. The number of methoxy groups -OCH3 is 2. The summed E-state index contributed by atoms with van der Waals surface area (Å²) in [6.45, 7) is 5.68. The van der Waals surface area contributed by atoms with Crippen LogP contribution in [0.3, 0.4) is 0 Å². The Bertz CT molecular complexity index is 670. The number of halogens is 1. The number of carbonyl (C=O) groups excluding carboxylic acids is 2. The molecule has 0 aliphatic rings. The number of amides is 1. The fourth-order valence-electron chi connectivity index (χ4n) is 3.33. The van der Waals surface area contributed by atoms with Crippen molar-refractivity contribution in [1.29, 1.82) is 0 Å². The van der Waals surface area contributed by atoms with Crippen molar-refractivity contribution in [2.24, 2.45) is 5.92 Å². The van der Waals surface area contributed by atoms with Gasteiger partial charge >= 0.3 is 5.97 Å². The van der Waals surface area contributed by atoms with Crippen molar-refractivity contribution in [2.75, 3.05) is 40.6 Å². The van der Waals surface area contributed by atoms with Crippen molar-refractivity contribution in [3.05, 3.63) is 23.8 Å². The molecule has 1 atom stereocenters. The van der Waals surface area contributed by atoms with Crippen molar-refractivity contribution in [2.45, 2.75) is 65.2 Å². The SMILES string of the molecule is CCOC(=O)CCNC(=O)[C@H](C)CCCCCCc1ccc(OC)c(OCCCOC)c1.Cl. The van der Waals surface area contributed by atoms with E-state index < -0.39 is 0 Å². The van der Waals surface area contributed by atoms with Crippen LogP contribution in [0, 0.1) is 5.92 Å². The highest BCUT2D eigenvalue weighted by Crippen LogP contribution is 2.29. The molecule has 0 bridgehead atoms. The summed E-state index contributed by atoms with van der Waals surface area (Å²) in [5, 5.41) is 2.81. The highest BCUT2D eigenvalue weighted by molar-refractivity contribution is 5.85. The summed E-state index contributed by atoms with van der Waals surface area (Å²) in [6.07, 6.45) is 7.22. The third-order valence-corrected chi connectivity index (χ3v) is 5.21. The van der Waals surface area contributed by atoms with Crippen LogP contribution in [0.4, 0.5) is 0 Å². The molecule has 1 aromatic rings. The van der Waals surface area contributed by atoms with Crippen LogP contribution in [0.5, 0.6) is 11.5 Å². The zero-order chi connectivity index (χ0) is 23.6. The number of unbranched alkanes of at least 4 members (excludes halogenated alkanes) is 3. The predicted octanol–water partition coefficient (Wildman–Crippen LogP) is 4.73. The number of aryl methyl sites for hydroxylation is 1. The number of nitrogens with one attached hydrogen (secondary N) is 1. The molecule has 0 fully saturated rings. The molecule has 0 aromatic heterocycles. The molecule has 1 rings (SSSR count). The molecule has 0 spiro atoms. The van der Waals surface area contributed by atoms with E-state index in [4.69, 9.17) is 18.9 Å². The van der Waals surface area contributed by atoms with Crippen molar-refractivity contribution in [3.63, 3.8) is 0 Å². The number of benzene rings is 1. The third-order valence-electron chi connectivity index (χ3n) is 5.21. The molecule has 7 nitrogen and oxygen atoms in total. The average molecular weight is 488 g/mol. The largest absolute Gasteiger partial charge is 0.493 e. The first-order chi connectivity index (χ1) is 15.5. The Kier molecular flexibility index (Phi) is 18.3. The van der Waals surface area contributed by atoms with Crippen molar-refractivity contribution < 1.29 is 28.5 Å². The molecule has 1 amide bonds. The van der Waals surface area contributed by atoms with Gasteiger partial charge in [0, 0.05) is 32.6 Å². The average Bonchev–Trinajstić information content (AvgIpc) is 2.79. The highest BCUT2D eigenvalue weighted by Gasteiger charge is 2.13. The van der Waals surface area contributed by atoms with Gasteiger partial charge in [0.25, 0.3) is 0 Å². The van der Waals surface area contributed by atoms with E-state index in [1.807, 2.05) is 13.0 Å². The van der Waals surface area contributed by atoms with E-state index in [1.165, 1.54) is 5.56 Å². The number of ether oxygens (including phenoxy) is 4. The Balaban J connectivity index is 0.0000102. The Morgan fingerprint density at radius 2 is 1.76 bits per heavy atom. The zero-order valence-electron chi connectivity index (χ0n) is 20.7. The van der Waals surface area contributed by atoms with E-state index in [0.29, 0.717) is 26.4 Å². The van der Waals surface area contributed by atoms with Crippen molar-refractivity contribution in [1.82, 2.24) is 5.32 Å². The van der Waals surface area contributed by atoms with Gasteiger partial charge in [0.05, 0.1) is 26.7 Å². The molecule has 0 aliphatic carbocycles. The van der Waals surface area contributed by atoms with Crippen LogP contribution in [0.2, 0.25) is 0 Å². The molecule has 0 unspecified atom stereocenters. The number of esters is 1. The molecule has 1 N–H and O–H groups in total. The maximum Gasteiger partial charge on any atom is 0.307 e. The van der Waals surface area contributed by atoms with Crippen LogP contribution in [0.25, 0.3) is 0 Å². The minimum absolute atomic E-state index is 0. The first-order valence-corrected chi connectivity index (χ1v) is 11.7. The molecule has 190 valence electrons. The monoisotopic (exact) mass is 487 g/mol. The van der Waals surface area contributed by atoms with Gasteiger partial charge in [0.2, 0.25) is 5.91 Å². The maximum absolute atomic E-state index is 12.1. The van der Waals surface area contributed by atoms with E-state index in [1.54, 1.807) is 21.1 Å². The second-order valence-corrected chi connectivity index (χ2v) is 7.88. The second kappa shape index (κ2) is 19.5. The van der Waals surface area contributed by atoms with Gasteiger partial charge in [0.15, 0.2) is 11.5 Å². The molecule has 0 saturated carbocycles. The van der Waals surface area contributed by atoms with Crippen LogP contribution >= 0.6 is 12.4 Å². The minimum Gasteiger partial charge on any atom is -0.493 e. The normalized spacial score (nSPS) is 11.3. The van der Waals surface area contributed by atoms with E-state index in [2.05, 4.69) is 17.4 Å². The van der Waals surface area contributed by atoms with E-state index in [-0.39, 0.29) is 36.6 Å². The Hall–Kier alpha value is -1.99. The lowest BCUT2D eigenvalue weighted by Gasteiger charge is -2.13. The van der Waals surface area contributed by atoms with Gasteiger partial charge in [-0.2, -0.15) is 0 Å². The number of rotatable bonds is 18. The van der Waals surface area contributed by atoms with Gasteiger partial charge in [-0.25, -0.2) is 0 Å². The fraction of sp³-hybridized carbons (Fsp3) is 0.680. The number of hydrogen-bond donors (Lipinski definition) is 1. The lowest BCUT2D eigenvalue weighted by atomic mass is 10.00. The predicted molar refractivity (Wildman–Crippen MR) is 132 cm³/mol. The van der Waals surface area contributed by atoms with Crippen LogP contribution in [-0.4, -0.2) is 52.5 Å². The standard InChI is InChI=1S/C25H41NO6.ClH/c1-5-31-24(27)15-16-26-25(28)20(2)11-8-6-7-9-12-21-13-14-22(30-4)23(19-21)32-18-10-17-29-3;/h13-14,19-20H,5-12,15-18H2,1-4H3,(H,26,28);1H/t20-;/m1./s1. The molecule has 0 saturated heterocycles. The zero-order valence-corrected chi connectivity index (χ0v) is 21.5. The summed E-state index contributed by atoms with van der Waals surface area (Å²) >= 11 is 0. The van der Waals surface area contributed by atoms with Crippen molar-refractivity contribution in [3.8, 4) is 11.5 Å². The summed E-state index contributed by atoms with van der Waals surface area (Å²) in [5.74, 6) is 1.22. The van der Waals surface area contributed by atoms with Crippen LogP contribution < -0.4 is 14.8 Å². The second-order valence-electron chi connectivity index (χ2n) is 7.88. The van der Waals surface area contributed by atoms with Gasteiger partial charge in [0.1, 0.15) is 0 Å². The van der Waals surface area contributed by atoms with E-state index in [9.17, 15) is 9.59 Å². The lowest BCUT2D eigenvalue weighted by Crippen LogP contribution is -2.31. The van der Waals surface area contributed by atoms with E-state index in [0.717, 1.165) is 56.4 Å². The van der Waals surface area contributed by atoms with Gasteiger partial charge in [-0.3, -0.25) is 9.59 Å². The molecule has 1 aromatic carbocycles. The molecule has 8 heteroatoms. The molecular formula is C25H42ClNO6. The maximum atomic E-state index is 12.1. The van der Waals surface area contributed by atoms with Crippen LogP contribution in [-0.2, 0) is 25.5 Å². The summed E-state index contributed by atoms with van der Waals surface area (Å²) in [4.78, 5) is 23.4. The fourth-order valence-corrected chi connectivity index (χ4v) is 3.33. The first kappa shape index (κ1) is 31.0. The van der Waals surface area contributed by atoms with Gasteiger partial charge in [-0.15, -0.1) is 12.4 Å². The molecule has 0 aliphatic heterocycles. The summed E-state index contributed by atoms with van der Waals surface area (Å²) in [6, 6.07) is 6.11. The van der Waals surface area contributed by atoms with Gasteiger partial charge in [-0.1, -0.05) is 32.3 Å². The van der Waals surface area contributed by atoms with Crippen LogP contribution in [0.1, 0.15) is 64.4 Å². The van der Waals surface area contributed by atoms with E-state index >= 15 is 0 Å². The quantitative estimate of drug-likeness (QED) is 0.238. The Morgan fingerprint density at radius 1 is 1.00 bits per heavy atom.